The molecule has 2 heterocycles. The number of hydrogen-bond acceptors (Lipinski definition) is 4. The molecule has 8 heteroatoms. The number of halogens is 2. The Labute approximate surface area is 145 Å². The maximum Gasteiger partial charge on any atom is 0.271 e. The second-order valence-corrected chi connectivity index (χ2v) is 6.13. The van der Waals surface area contributed by atoms with Gasteiger partial charge in [0.15, 0.2) is 6.20 Å². The summed E-state index contributed by atoms with van der Waals surface area (Å²) < 4.78 is 14.2. The van der Waals surface area contributed by atoms with E-state index in [2.05, 4.69) is 10.3 Å². The molecule has 122 valence electrons. The molecule has 0 radical (unpaired) electrons. The summed E-state index contributed by atoms with van der Waals surface area (Å²) >= 11 is 6.87. The molecular weight excluding hydrogens is 353 g/mol. The summed E-state index contributed by atoms with van der Waals surface area (Å²) in [7, 11) is 0. The minimum absolute atomic E-state index is 0.0297. The first-order valence-electron chi connectivity index (χ1n) is 6.91. The van der Waals surface area contributed by atoms with Gasteiger partial charge in [0.05, 0.1) is 5.02 Å². The van der Waals surface area contributed by atoms with E-state index in [1.807, 2.05) is 0 Å². The number of pyridine rings is 1. The fourth-order valence-electron chi connectivity index (χ4n) is 2.00. The first-order chi connectivity index (χ1) is 11.5. The van der Waals surface area contributed by atoms with Crippen LogP contribution in [0.1, 0.15) is 16.2 Å². The Balaban J connectivity index is 1.72. The lowest BCUT2D eigenvalue weighted by atomic mass is 10.2. The molecule has 0 aliphatic heterocycles. The molecule has 24 heavy (non-hydrogen) atoms. The average molecular weight is 364 g/mol. The molecule has 0 fully saturated rings. The van der Waals surface area contributed by atoms with Gasteiger partial charge in [-0.15, -0.1) is 11.3 Å². The van der Waals surface area contributed by atoms with Crippen LogP contribution >= 0.6 is 22.9 Å². The van der Waals surface area contributed by atoms with E-state index in [1.54, 1.807) is 29.6 Å². The fourth-order valence-corrected chi connectivity index (χ4v) is 2.92. The van der Waals surface area contributed by atoms with E-state index in [0.717, 1.165) is 0 Å². The zero-order chi connectivity index (χ0) is 17.1. The molecule has 3 rings (SSSR count). The van der Waals surface area contributed by atoms with Crippen LogP contribution in [0.15, 0.2) is 48.0 Å². The third-order valence-corrected chi connectivity index (χ3v) is 4.44. The van der Waals surface area contributed by atoms with Crippen LogP contribution in [0.4, 0.5) is 4.39 Å². The number of aromatic nitrogens is 2. The molecule has 0 unspecified atom stereocenters. The van der Waals surface area contributed by atoms with Gasteiger partial charge in [-0.3, -0.25) is 4.79 Å². The average Bonchev–Trinajstić information content (AvgIpc) is 3.06. The van der Waals surface area contributed by atoms with Gasteiger partial charge in [0, 0.05) is 23.1 Å². The standard InChI is InChI=1S/C16H11ClFN3O2S/c17-12-5-4-10(7-13(12)18)16-20-14(9-24-16)15(22)19-8-11-3-1-2-6-21(11)23/h1-7,9H,8H2,(H,19,22). The Morgan fingerprint density at radius 2 is 2.21 bits per heavy atom. The molecule has 1 N–H and O–H groups in total. The molecule has 0 saturated carbocycles. The number of thiazole rings is 1. The lowest BCUT2D eigenvalue weighted by Gasteiger charge is -2.04. The summed E-state index contributed by atoms with van der Waals surface area (Å²) in [5.41, 5.74) is 1.17. The molecule has 3 aromatic rings. The quantitative estimate of drug-likeness (QED) is 0.572. The highest BCUT2D eigenvalue weighted by Crippen LogP contribution is 2.27. The Morgan fingerprint density at radius 1 is 1.38 bits per heavy atom. The topological polar surface area (TPSA) is 68.9 Å². The van der Waals surface area contributed by atoms with Crippen LogP contribution in [0.25, 0.3) is 10.6 Å². The van der Waals surface area contributed by atoms with Crippen LogP contribution in [0.5, 0.6) is 0 Å². The van der Waals surface area contributed by atoms with Gasteiger partial charge in [-0.1, -0.05) is 17.7 Å². The van der Waals surface area contributed by atoms with E-state index in [-0.39, 0.29) is 17.3 Å². The summed E-state index contributed by atoms with van der Waals surface area (Å²) in [6, 6.07) is 9.29. The van der Waals surface area contributed by atoms with Gasteiger partial charge in [0.25, 0.3) is 5.91 Å². The maximum atomic E-state index is 13.5. The van der Waals surface area contributed by atoms with Crippen LogP contribution in [-0.4, -0.2) is 10.9 Å². The summed E-state index contributed by atoms with van der Waals surface area (Å²) in [4.78, 5) is 16.3. The highest BCUT2D eigenvalue weighted by molar-refractivity contribution is 7.13. The molecule has 0 atom stereocenters. The smallest absolute Gasteiger partial charge is 0.271 e. The van der Waals surface area contributed by atoms with Crippen LogP contribution in [-0.2, 0) is 6.54 Å². The Kier molecular flexibility index (Phi) is 4.73. The lowest BCUT2D eigenvalue weighted by Crippen LogP contribution is -2.35. The number of carbonyl (C=O) groups is 1. The Morgan fingerprint density at radius 3 is 2.96 bits per heavy atom. The highest BCUT2D eigenvalue weighted by Gasteiger charge is 2.14. The molecule has 2 aromatic heterocycles. The monoisotopic (exact) mass is 363 g/mol. The SMILES string of the molecule is O=C(NCc1cccc[n+]1[O-])c1csc(-c2ccc(Cl)c(F)c2)n1. The number of benzene rings is 1. The van der Waals surface area contributed by atoms with Crippen molar-refractivity contribution >= 4 is 28.8 Å². The predicted molar refractivity (Wildman–Crippen MR) is 89.1 cm³/mol. The van der Waals surface area contributed by atoms with Gasteiger partial charge < -0.3 is 10.5 Å². The third kappa shape index (κ3) is 3.52. The van der Waals surface area contributed by atoms with Gasteiger partial charge in [-0.05, 0) is 18.2 Å². The molecule has 0 aliphatic rings. The molecule has 0 aliphatic carbocycles. The summed E-state index contributed by atoms with van der Waals surface area (Å²) in [5, 5.41) is 16.3. The van der Waals surface area contributed by atoms with Gasteiger partial charge in [0.1, 0.15) is 23.1 Å². The van der Waals surface area contributed by atoms with Crippen molar-refractivity contribution in [2.24, 2.45) is 0 Å². The van der Waals surface area contributed by atoms with Crippen molar-refractivity contribution in [1.82, 2.24) is 10.3 Å². The molecule has 0 bridgehead atoms. The minimum Gasteiger partial charge on any atom is -0.618 e. The van der Waals surface area contributed by atoms with Crippen molar-refractivity contribution in [3.05, 3.63) is 75.4 Å². The first kappa shape index (κ1) is 16.4. The zero-order valence-corrected chi connectivity index (χ0v) is 13.8. The number of hydrogen-bond donors (Lipinski definition) is 1. The van der Waals surface area contributed by atoms with Crippen LogP contribution in [0.3, 0.4) is 0 Å². The van der Waals surface area contributed by atoms with Crippen molar-refractivity contribution in [3.63, 3.8) is 0 Å². The van der Waals surface area contributed by atoms with E-state index >= 15 is 0 Å². The lowest BCUT2D eigenvalue weighted by molar-refractivity contribution is -0.614. The molecule has 0 spiro atoms. The van der Waals surface area contributed by atoms with Crippen molar-refractivity contribution in [2.75, 3.05) is 0 Å². The van der Waals surface area contributed by atoms with Crippen molar-refractivity contribution in [2.45, 2.75) is 6.54 Å². The van der Waals surface area contributed by atoms with Crippen molar-refractivity contribution in [3.8, 4) is 10.6 Å². The van der Waals surface area contributed by atoms with Crippen LogP contribution < -0.4 is 10.0 Å². The predicted octanol–water partition coefficient (Wildman–Crippen LogP) is 3.17. The molecule has 1 aromatic carbocycles. The number of carbonyl (C=O) groups excluding carboxylic acids is 1. The maximum absolute atomic E-state index is 13.5. The second kappa shape index (κ2) is 6.94. The van der Waals surface area contributed by atoms with Gasteiger partial charge in [-0.25, -0.2) is 9.37 Å². The normalized spacial score (nSPS) is 10.6. The molecule has 1 amide bonds. The number of nitrogens with one attached hydrogen (secondary N) is 1. The fraction of sp³-hybridized carbons (Fsp3) is 0.0625. The van der Waals surface area contributed by atoms with E-state index < -0.39 is 11.7 Å². The molecular formula is C16H11ClFN3O2S. The van der Waals surface area contributed by atoms with E-state index in [9.17, 15) is 14.4 Å². The number of nitrogens with zero attached hydrogens (tertiary/aromatic N) is 2. The minimum atomic E-state index is -0.542. The van der Waals surface area contributed by atoms with Crippen LogP contribution in [0, 0.1) is 11.0 Å². The van der Waals surface area contributed by atoms with Gasteiger partial charge in [-0.2, -0.15) is 4.73 Å². The van der Waals surface area contributed by atoms with Gasteiger partial charge >= 0.3 is 0 Å². The summed E-state index contributed by atoms with van der Waals surface area (Å²) in [6.07, 6.45) is 1.36. The molecule has 0 saturated heterocycles. The number of amides is 1. The number of rotatable bonds is 4. The Hall–Kier alpha value is -2.51. The third-order valence-electron chi connectivity index (χ3n) is 3.24. The Bertz CT molecular complexity index is 901. The van der Waals surface area contributed by atoms with Gasteiger partial charge in [0.2, 0.25) is 5.69 Å². The summed E-state index contributed by atoms with van der Waals surface area (Å²) in [6.45, 7) is 0.0889. The highest BCUT2D eigenvalue weighted by atomic mass is 35.5. The van der Waals surface area contributed by atoms with E-state index in [4.69, 9.17) is 11.6 Å². The first-order valence-corrected chi connectivity index (χ1v) is 8.16. The largest absolute Gasteiger partial charge is 0.618 e. The molecule has 5 nitrogen and oxygen atoms in total. The van der Waals surface area contributed by atoms with E-state index in [1.165, 1.54) is 29.7 Å². The van der Waals surface area contributed by atoms with E-state index in [0.29, 0.717) is 21.0 Å². The second-order valence-electron chi connectivity index (χ2n) is 4.87. The zero-order valence-electron chi connectivity index (χ0n) is 12.2. The van der Waals surface area contributed by atoms with Crippen molar-refractivity contribution in [1.29, 1.82) is 0 Å². The van der Waals surface area contributed by atoms with Crippen LogP contribution in [0.2, 0.25) is 5.02 Å². The summed E-state index contributed by atoms with van der Waals surface area (Å²) in [5.74, 6) is -0.949. The van der Waals surface area contributed by atoms with Crippen molar-refractivity contribution < 1.29 is 13.9 Å².